The molecule has 28 heavy (non-hydrogen) atoms. The van der Waals surface area contributed by atoms with Crippen LogP contribution in [0.15, 0.2) is 30.3 Å². The fourth-order valence-corrected chi connectivity index (χ4v) is 2.63. The minimum atomic E-state index is -1.04. The smallest absolute Gasteiger partial charge is 0.339 e. The summed E-state index contributed by atoms with van der Waals surface area (Å²) in [5.41, 5.74) is 1.43. The van der Waals surface area contributed by atoms with Crippen LogP contribution in [0, 0.1) is 6.92 Å². The van der Waals surface area contributed by atoms with E-state index in [4.69, 9.17) is 30.5 Å². The molecule has 0 spiro atoms. The van der Waals surface area contributed by atoms with E-state index in [9.17, 15) is 9.59 Å². The van der Waals surface area contributed by atoms with Crippen LogP contribution in [0.1, 0.15) is 22.8 Å². The van der Waals surface area contributed by atoms with Gasteiger partial charge in [-0.2, -0.15) is 0 Å². The van der Waals surface area contributed by atoms with Crippen molar-refractivity contribution >= 4 is 29.2 Å². The maximum absolute atomic E-state index is 12.5. The third kappa shape index (κ3) is 4.67. The minimum absolute atomic E-state index is 0.160. The molecular weight excluding hydrogens is 386 g/mol. The molecule has 1 atom stereocenters. The number of benzene rings is 2. The van der Waals surface area contributed by atoms with Crippen molar-refractivity contribution in [3.05, 3.63) is 46.5 Å². The van der Waals surface area contributed by atoms with E-state index >= 15 is 0 Å². The van der Waals surface area contributed by atoms with Gasteiger partial charge in [-0.3, -0.25) is 4.79 Å². The highest BCUT2D eigenvalue weighted by Gasteiger charge is 2.23. The number of amides is 1. The summed E-state index contributed by atoms with van der Waals surface area (Å²) in [7, 11) is 4.34. The van der Waals surface area contributed by atoms with Gasteiger partial charge in [0.2, 0.25) is 5.75 Å². The molecule has 1 amide bonds. The van der Waals surface area contributed by atoms with Crippen LogP contribution in [-0.4, -0.2) is 39.3 Å². The normalized spacial score (nSPS) is 11.4. The number of methoxy groups -OCH3 is 3. The van der Waals surface area contributed by atoms with E-state index in [0.29, 0.717) is 28.0 Å². The van der Waals surface area contributed by atoms with Gasteiger partial charge < -0.3 is 24.3 Å². The summed E-state index contributed by atoms with van der Waals surface area (Å²) in [6, 6.07) is 8.07. The number of rotatable bonds is 7. The zero-order valence-electron chi connectivity index (χ0n) is 16.3. The van der Waals surface area contributed by atoms with Gasteiger partial charge in [-0.05, 0) is 43.7 Å². The Hall–Kier alpha value is -2.93. The van der Waals surface area contributed by atoms with Crippen LogP contribution >= 0.6 is 11.6 Å². The average Bonchev–Trinajstić information content (AvgIpc) is 2.69. The van der Waals surface area contributed by atoms with Crippen LogP contribution in [0.25, 0.3) is 0 Å². The van der Waals surface area contributed by atoms with E-state index in [1.165, 1.54) is 40.4 Å². The Morgan fingerprint density at radius 3 is 2.18 bits per heavy atom. The highest BCUT2D eigenvalue weighted by Crippen LogP contribution is 2.38. The van der Waals surface area contributed by atoms with Gasteiger partial charge in [0.25, 0.3) is 5.91 Å². The number of hydrogen-bond donors (Lipinski definition) is 1. The highest BCUT2D eigenvalue weighted by molar-refractivity contribution is 6.31. The second kappa shape index (κ2) is 9.32. The average molecular weight is 408 g/mol. The fraction of sp³-hybridized carbons (Fsp3) is 0.300. The molecule has 7 nitrogen and oxygen atoms in total. The van der Waals surface area contributed by atoms with Crippen LogP contribution in [0.3, 0.4) is 0 Å². The topological polar surface area (TPSA) is 83.1 Å². The minimum Gasteiger partial charge on any atom is -0.493 e. The number of carbonyl (C=O) groups excluding carboxylic acids is 2. The Morgan fingerprint density at radius 1 is 1.04 bits per heavy atom. The molecule has 0 fully saturated rings. The number of anilines is 1. The van der Waals surface area contributed by atoms with Crippen molar-refractivity contribution in [1.82, 2.24) is 0 Å². The molecule has 0 aliphatic heterocycles. The quantitative estimate of drug-likeness (QED) is 0.702. The first-order valence-corrected chi connectivity index (χ1v) is 8.77. The molecule has 0 heterocycles. The third-order valence-corrected chi connectivity index (χ3v) is 4.49. The zero-order chi connectivity index (χ0) is 20.8. The summed E-state index contributed by atoms with van der Waals surface area (Å²) in [6.45, 7) is 3.26. The van der Waals surface area contributed by atoms with Crippen molar-refractivity contribution < 1.29 is 28.5 Å². The summed E-state index contributed by atoms with van der Waals surface area (Å²) in [4.78, 5) is 24.9. The van der Waals surface area contributed by atoms with E-state index in [1.54, 1.807) is 25.1 Å². The van der Waals surface area contributed by atoms with Crippen molar-refractivity contribution in [2.75, 3.05) is 26.6 Å². The maximum Gasteiger partial charge on any atom is 0.339 e. The molecule has 0 aromatic heterocycles. The molecular formula is C20H22ClNO6. The molecule has 2 aromatic carbocycles. The van der Waals surface area contributed by atoms with Gasteiger partial charge in [0.15, 0.2) is 17.6 Å². The Labute approximate surface area is 168 Å². The third-order valence-electron chi connectivity index (χ3n) is 4.08. The van der Waals surface area contributed by atoms with Crippen molar-refractivity contribution in [3.63, 3.8) is 0 Å². The lowest BCUT2D eigenvalue weighted by Crippen LogP contribution is -2.30. The lowest BCUT2D eigenvalue weighted by molar-refractivity contribution is -0.123. The standard InChI is InChI=1S/C20H22ClNO6/c1-11-14(21)7-6-8-15(11)22-19(23)12(2)28-20(24)13-9-16(25-3)18(27-5)17(10-13)26-4/h6-10,12H,1-5H3,(H,22,23). The number of carbonyl (C=O) groups is 2. The summed E-state index contributed by atoms with van der Waals surface area (Å²) >= 11 is 6.05. The number of halogens is 1. The van der Waals surface area contributed by atoms with E-state index in [-0.39, 0.29) is 5.56 Å². The lowest BCUT2D eigenvalue weighted by Gasteiger charge is -2.17. The fourth-order valence-electron chi connectivity index (χ4n) is 2.46. The van der Waals surface area contributed by atoms with Crippen LogP contribution in [0.4, 0.5) is 5.69 Å². The first-order valence-electron chi connectivity index (χ1n) is 8.39. The van der Waals surface area contributed by atoms with Crippen LogP contribution < -0.4 is 19.5 Å². The molecule has 0 aliphatic rings. The predicted molar refractivity (Wildman–Crippen MR) is 106 cm³/mol. The molecule has 8 heteroatoms. The second-order valence-corrected chi connectivity index (χ2v) is 6.27. The van der Waals surface area contributed by atoms with Gasteiger partial charge in [-0.1, -0.05) is 17.7 Å². The lowest BCUT2D eigenvalue weighted by atomic mass is 10.1. The van der Waals surface area contributed by atoms with E-state index in [2.05, 4.69) is 5.32 Å². The van der Waals surface area contributed by atoms with E-state index in [0.717, 1.165) is 5.56 Å². The molecule has 2 aromatic rings. The molecule has 1 unspecified atom stereocenters. The Morgan fingerprint density at radius 2 is 1.64 bits per heavy atom. The molecule has 2 rings (SSSR count). The predicted octanol–water partition coefficient (Wildman–Crippen LogP) is 3.86. The van der Waals surface area contributed by atoms with E-state index < -0.39 is 18.0 Å². The molecule has 0 saturated carbocycles. The second-order valence-electron chi connectivity index (χ2n) is 5.86. The van der Waals surface area contributed by atoms with Crippen molar-refractivity contribution in [2.45, 2.75) is 20.0 Å². The molecule has 150 valence electrons. The first-order chi connectivity index (χ1) is 13.3. The van der Waals surface area contributed by atoms with Crippen LogP contribution in [-0.2, 0) is 9.53 Å². The molecule has 0 aliphatic carbocycles. The SMILES string of the molecule is COc1cc(C(=O)OC(C)C(=O)Nc2cccc(Cl)c2C)cc(OC)c1OC. The molecule has 0 saturated heterocycles. The Balaban J connectivity index is 2.15. The summed E-state index contributed by atoms with van der Waals surface area (Å²) in [5, 5.41) is 3.23. The van der Waals surface area contributed by atoms with E-state index in [1.807, 2.05) is 0 Å². The van der Waals surface area contributed by atoms with Gasteiger partial charge in [-0.25, -0.2) is 4.79 Å². The number of hydrogen-bond acceptors (Lipinski definition) is 6. The van der Waals surface area contributed by atoms with Crippen molar-refractivity contribution in [1.29, 1.82) is 0 Å². The monoisotopic (exact) mass is 407 g/mol. The molecule has 1 N–H and O–H groups in total. The number of esters is 1. The Kier molecular flexibility index (Phi) is 7.12. The van der Waals surface area contributed by atoms with Crippen molar-refractivity contribution in [2.24, 2.45) is 0 Å². The van der Waals surface area contributed by atoms with Gasteiger partial charge >= 0.3 is 5.97 Å². The summed E-state index contributed by atoms with van der Waals surface area (Å²) in [6.07, 6.45) is -1.04. The number of ether oxygens (including phenoxy) is 4. The van der Waals surface area contributed by atoms with Gasteiger partial charge in [0.1, 0.15) is 0 Å². The van der Waals surface area contributed by atoms with Crippen molar-refractivity contribution in [3.8, 4) is 17.2 Å². The molecule has 0 radical (unpaired) electrons. The van der Waals surface area contributed by atoms with Gasteiger partial charge in [0, 0.05) is 10.7 Å². The largest absolute Gasteiger partial charge is 0.493 e. The number of nitrogens with one attached hydrogen (secondary N) is 1. The van der Waals surface area contributed by atoms with Gasteiger partial charge in [0.05, 0.1) is 26.9 Å². The zero-order valence-corrected chi connectivity index (χ0v) is 17.0. The Bertz CT molecular complexity index is 858. The first kappa shape index (κ1) is 21.4. The molecule has 0 bridgehead atoms. The maximum atomic E-state index is 12.5. The summed E-state index contributed by atoms with van der Waals surface area (Å²) in [5.74, 6) is -0.222. The van der Waals surface area contributed by atoms with Crippen LogP contribution in [0.2, 0.25) is 5.02 Å². The van der Waals surface area contributed by atoms with Gasteiger partial charge in [-0.15, -0.1) is 0 Å². The highest BCUT2D eigenvalue weighted by atomic mass is 35.5. The summed E-state index contributed by atoms with van der Waals surface area (Å²) < 4.78 is 20.9. The van der Waals surface area contributed by atoms with Crippen LogP contribution in [0.5, 0.6) is 17.2 Å².